The van der Waals surface area contributed by atoms with Crippen LogP contribution in [-0.4, -0.2) is 6.61 Å². The maximum atomic E-state index is 6.87. The Morgan fingerprint density at radius 3 is 2.05 bits per heavy atom. The minimum Gasteiger partial charge on any atom is -0.494 e. The van der Waals surface area contributed by atoms with Gasteiger partial charge in [-0.25, -0.2) is 4.85 Å². The third-order valence-electron chi connectivity index (χ3n) is 3.23. The monoisotopic (exact) mass is 259 g/mol. The van der Waals surface area contributed by atoms with Gasteiger partial charge in [-0.15, -0.1) is 0 Å². The Morgan fingerprint density at radius 2 is 1.47 bits per heavy atom. The number of rotatable bonds is 10. The first-order valence-corrected chi connectivity index (χ1v) is 7.47. The highest BCUT2D eigenvalue weighted by molar-refractivity contribution is 5.46. The van der Waals surface area contributed by atoms with Crippen molar-refractivity contribution in [3.8, 4) is 5.75 Å². The van der Waals surface area contributed by atoms with Gasteiger partial charge >= 0.3 is 0 Å². The summed E-state index contributed by atoms with van der Waals surface area (Å²) in [4.78, 5) is 3.36. The number of nitrogens with zero attached hydrogens (tertiary/aromatic N) is 1. The summed E-state index contributed by atoms with van der Waals surface area (Å²) in [6.07, 6.45) is 10.5. The van der Waals surface area contributed by atoms with Crippen LogP contribution in [0.25, 0.3) is 4.85 Å². The Kier molecular flexibility index (Phi) is 8.55. The quantitative estimate of drug-likeness (QED) is 0.385. The smallest absolute Gasteiger partial charge is 0.187 e. The minimum absolute atomic E-state index is 0.666. The molecule has 0 atom stereocenters. The fraction of sp³-hybridized carbons (Fsp3) is 0.588. The lowest BCUT2D eigenvalue weighted by Crippen LogP contribution is -1.96. The lowest BCUT2D eigenvalue weighted by atomic mass is 10.1. The predicted octanol–water partition coefficient (Wildman–Crippen LogP) is 5.76. The fourth-order valence-electron chi connectivity index (χ4n) is 2.04. The topological polar surface area (TPSA) is 13.6 Å². The molecule has 1 rings (SSSR count). The van der Waals surface area contributed by atoms with Gasteiger partial charge in [0.15, 0.2) is 5.69 Å². The molecule has 2 heteroatoms. The van der Waals surface area contributed by atoms with E-state index in [1.807, 2.05) is 12.1 Å². The number of ether oxygens (including phenoxy) is 1. The first-order chi connectivity index (χ1) is 9.36. The summed E-state index contributed by atoms with van der Waals surface area (Å²) in [5.41, 5.74) is 0.666. The van der Waals surface area contributed by atoms with Gasteiger partial charge in [0.1, 0.15) is 5.75 Å². The minimum atomic E-state index is 0.666. The average molecular weight is 259 g/mol. The van der Waals surface area contributed by atoms with Crippen LogP contribution in [0.4, 0.5) is 5.69 Å². The molecular weight excluding hydrogens is 234 g/mol. The summed E-state index contributed by atoms with van der Waals surface area (Å²) in [5.74, 6) is 0.871. The third kappa shape index (κ3) is 7.51. The molecule has 104 valence electrons. The van der Waals surface area contributed by atoms with Crippen LogP contribution in [0, 0.1) is 6.57 Å². The number of hydrogen-bond donors (Lipinski definition) is 0. The van der Waals surface area contributed by atoms with Crippen LogP contribution in [0.2, 0.25) is 0 Å². The average Bonchev–Trinajstić information content (AvgIpc) is 2.46. The van der Waals surface area contributed by atoms with E-state index >= 15 is 0 Å². The van der Waals surface area contributed by atoms with Crippen LogP contribution in [0.1, 0.15) is 58.3 Å². The summed E-state index contributed by atoms with van der Waals surface area (Å²) in [5, 5.41) is 0. The zero-order chi connectivity index (χ0) is 13.8. The van der Waals surface area contributed by atoms with E-state index < -0.39 is 0 Å². The SMILES string of the molecule is [C-]#[N+]c1ccc(OCCCCCCCCCC)cc1. The maximum absolute atomic E-state index is 6.87. The number of benzene rings is 1. The van der Waals surface area contributed by atoms with Gasteiger partial charge in [0.2, 0.25) is 0 Å². The summed E-state index contributed by atoms with van der Waals surface area (Å²) >= 11 is 0. The van der Waals surface area contributed by atoms with Crippen LogP contribution in [0.5, 0.6) is 5.75 Å². The Hall–Kier alpha value is -1.49. The second kappa shape index (κ2) is 10.4. The molecule has 1 aromatic rings. The molecule has 0 aliphatic carbocycles. The Labute approximate surface area is 117 Å². The van der Waals surface area contributed by atoms with Gasteiger partial charge in [0, 0.05) is 0 Å². The van der Waals surface area contributed by atoms with Crippen LogP contribution in [0.15, 0.2) is 24.3 Å². The van der Waals surface area contributed by atoms with Crippen LogP contribution in [0.3, 0.4) is 0 Å². The Morgan fingerprint density at radius 1 is 0.895 bits per heavy atom. The molecule has 0 bridgehead atoms. The van der Waals surface area contributed by atoms with Crippen LogP contribution in [-0.2, 0) is 0 Å². The highest BCUT2D eigenvalue weighted by Gasteiger charge is 1.95. The third-order valence-corrected chi connectivity index (χ3v) is 3.23. The van der Waals surface area contributed by atoms with E-state index in [0.29, 0.717) is 5.69 Å². The van der Waals surface area contributed by atoms with E-state index in [1.54, 1.807) is 12.1 Å². The van der Waals surface area contributed by atoms with Gasteiger partial charge in [0.05, 0.1) is 13.2 Å². The number of hydrogen-bond acceptors (Lipinski definition) is 1. The molecule has 0 saturated carbocycles. The molecule has 0 radical (unpaired) electrons. The molecule has 0 spiro atoms. The van der Waals surface area contributed by atoms with Crippen molar-refractivity contribution >= 4 is 5.69 Å². The van der Waals surface area contributed by atoms with Gasteiger partial charge in [-0.05, 0) is 18.6 Å². The molecule has 1 aromatic carbocycles. The molecule has 2 nitrogen and oxygen atoms in total. The van der Waals surface area contributed by atoms with E-state index in [4.69, 9.17) is 11.3 Å². The molecular formula is C17H25NO. The predicted molar refractivity (Wildman–Crippen MR) is 80.8 cm³/mol. The van der Waals surface area contributed by atoms with E-state index in [9.17, 15) is 0 Å². The first kappa shape index (κ1) is 15.6. The number of unbranched alkanes of at least 4 members (excludes halogenated alkanes) is 7. The molecule has 0 aliphatic heterocycles. The van der Waals surface area contributed by atoms with Crippen molar-refractivity contribution in [3.63, 3.8) is 0 Å². The van der Waals surface area contributed by atoms with Crippen molar-refractivity contribution in [2.24, 2.45) is 0 Å². The molecule has 0 aliphatic rings. The van der Waals surface area contributed by atoms with Crippen molar-refractivity contribution in [1.29, 1.82) is 0 Å². The summed E-state index contributed by atoms with van der Waals surface area (Å²) < 4.78 is 5.65. The lowest BCUT2D eigenvalue weighted by Gasteiger charge is -2.06. The van der Waals surface area contributed by atoms with Gasteiger partial charge < -0.3 is 4.74 Å². The zero-order valence-electron chi connectivity index (χ0n) is 12.0. The van der Waals surface area contributed by atoms with E-state index in [-0.39, 0.29) is 0 Å². The molecule has 0 fully saturated rings. The molecule has 0 heterocycles. The first-order valence-electron chi connectivity index (χ1n) is 7.47. The molecule has 0 unspecified atom stereocenters. The normalized spacial score (nSPS) is 10.1. The Balaban J connectivity index is 1.97. The Bertz CT molecular complexity index is 364. The van der Waals surface area contributed by atoms with Crippen molar-refractivity contribution in [1.82, 2.24) is 0 Å². The van der Waals surface area contributed by atoms with Gasteiger partial charge in [-0.1, -0.05) is 64.0 Å². The van der Waals surface area contributed by atoms with Crippen molar-refractivity contribution in [3.05, 3.63) is 35.7 Å². The van der Waals surface area contributed by atoms with Crippen molar-refractivity contribution in [2.45, 2.75) is 58.3 Å². The van der Waals surface area contributed by atoms with E-state index in [2.05, 4.69) is 11.8 Å². The molecule has 0 saturated heterocycles. The van der Waals surface area contributed by atoms with E-state index in [1.165, 1.54) is 44.9 Å². The largest absolute Gasteiger partial charge is 0.494 e. The summed E-state index contributed by atoms with van der Waals surface area (Å²) in [7, 11) is 0. The second-order valence-electron chi connectivity index (χ2n) is 4.93. The second-order valence-corrected chi connectivity index (χ2v) is 4.93. The fourth-order valence-corrected chi connectivity index (χ4v) is 2.04. The zero-order valence-corrected chi connectivity index (χ0v) is 12.0. The van der Waals surface area contributed by atoms with Gasteiger partial charge in [-0.3, -0.25) is 0 Å². The summed E-state index contributed by atoms with van der Waals surface area (Å²) in [6.45, 7) is 9.91. The highest BCUT2D eigenvalue weighted by Crippen LogP contribution is 2.18. The lowest BCUT2D eigenvalue weighted by molar-refractivity contribution is 0.304. The molecule has 0 aromatic heterocycles. The molecule has 0 amide bonds. The maximum Gasteiger partial charge on any atom is 0.187 e. The van der Waals surface area contributed by atoms with Crippen LogP contribution >= 0.6 is 0 Å². The molecule has 19 heavy (non-hydrogen) atoms. The summed E-state index contributed by atoms with van der Waals surface area (Å²) in [6, 6.07) is 7.35. The molecule has 0 N–H and O–H groups in total. The van der Waals surface area contributed by atoms with Crippen molar-refractivity contribution in [2.75, 3.05) is 6.61 Å². The highest BCUT2D eigenvalue weighted by atomic mass is 16.5. The van der Waals surface area contributed by atoms with Gasteiger partial charge in [0.25, 0.3) is 0 Å². The van der Waals surface area contributed by atoms with Crippen molar-refractivity contribution < 1.29 is 4.74 Å². The van der Waals surface area contributed by atoms with Crippen LogP contribution < -0.4 is 4.74 Å². The van der Waals surface area contributed by atoms with Gasteiger partial charge in [-0.2, -0.15) is 0 Å². The standard InChI is InChI=1S/C17H25NO/c1-3-4-5-6-7-8-9-10-15-19-17-13-11-16(18-2)12-14-17/h11-14H,3-10,15H2,1H3. The van der Waals surface area contributed by atoms with E-state index in [0.717, 1.165) is 18.8 Å².